The zero-order valence-corrected chi connectivity index (χ0v) is 18.3. The Morgan fingerprint density at radius 1 is 1.19 bits per heavy atom. The lowest BCUT2D eigenvalue weighted by Crippen LogP contribution is -2.14. The van der Waals surface area contributed by atoms with E-state index < -0.39 is 0 Å². The number of nitrogens with zero attached hydrogens (tertiary/aromatic N) is 4. The van der Waals surface area contributed by atoms with Crippen LogP contribution in [0.25, 0.3) is 0 Å². The normalized spacial score (nSPS) is 10.8. The first-order valence-electron chi connectivity index (χ1n) is 9.16. The van der Waals surface area contributed by atoms with Crippen LogP contribution in [0.2, 0.25) is 5.02 Å². The summed E-state index contributed by atoms with van der Waals surface area (Å²) in [6.07, 6.45) is 4.82. The van der Waals surface area contributed by atoms with Crippen LogP contribution >= 0.6 is 27.5 Å². The lowest BCUT2D eigenvalue weighted by atomic mass is 10.2. The smallest absolute Gasteiger partial charge is 0.276 e. The molecule has 31 heavy (non-hydrogen) atoms. The fourth-order valence-corrected chi connectivity index (χ4v) is 3.54. The van der Waals surface area contributed by atoms with Gasteiger partial charge in [0.05, 0.1) is 23.5 Å². The predicted molar refractivity (Wildman–Crippen MR) is 118 cm³/mol. The third-order valence-corrected chi connectivity index (χ3v) is 5.03. The van der Waals surface area contributed by atoms with Crippen LogP contribution in [0.3, 0.4) is 0 Å². The molecule has 4 rings (SSSR count). The molecule has 2 aromatic heterocycles. The van der Waals surface area contributed by atoms with Crippen LogP contribution in [0.15, 0.2) is 71.6 Å². The molecule has 0 saturated carbocycles. The van der Waals surface area contributed by atoms with Crippen molar-refractivity contribution in [1.82, 2.24) is 19.6 Å². The largest absolute Gasteiger partial charge is 0.470 e. The van der Waals surface area contributed by atoms with Crippen LogP contribution in [-0.2, 0) is 13.3 Å². The number of rotatable bonds is 7. The molecule has 10 heteroatoms. The van der Waals surface area contributed by atoms with Gasteiger partial charge in [0, 0.05) is 16.9 Å². The Labute approximate surface area is 190 Å². The van der Waals surface area contributed by atoms with Crippen LogP contribution in [0.5, 0.6) is 5.75 Å². The third kappa shape index (κ3) is 5.50. The molecule has 0 atom stereocenters. The summed E-state index contributed by atoms with van der Waals surface area (Å²) in [5.41, 5.74) is 1.50. The van der Waals surface area contributed by atoms with Gasteiger partial charge in [0.1, 0.15) is 11.6 Å². The number of hydrogen-bond acceptors (Lipinski definition) is 4. The predicted octanol–water partition coefficient (Wildman–Crippen LogP) is 4.97. The average molecular weight is 505 g/mol. The standard InChI is InChI=1S/C21H16BrClFN5O2/c22-15-4-5-20(18(23)9-15)31-13-28-7-6-19(27-28)21(30)26-17-10-25-29(12-17)11-14-2-1-3-16(24)8-14/h1-10,12H,11,13H2,(H,26,30). The quantitative estimate of drug-likeness (QED) is 0.386. The second-order valence-corrected chi connectivity index (χ2v) is 7.92. The first kappa shape index (κ1) is 21.1. The molecule has 0 aliphatic rings. The van der Waals surface area contributed by atoms with E-state index in [1.165, 1.54) is 23.0 Å². The summed E-state index contributed by atoms with van der Waals surface area (Å²) in [6, 6.07) is 13.1. The van der Waals surface area contributed by atoms with E-state index in [-0.39, 0.29) is 24.1 Å². The van der Waals surface area contributed by atoms with E-state index in [9.17, 15) is 9.18 Å². The molecule has 0 aliphatic carbocycles. The summed E-state index contributed by atoms with van der Waals surface area (Å²) < 4.78 is 22.9. The van der Waals surface area contributed by atoms with Gasteiger partial charge in [-0.25, -0.2) is 9.07 Å². The van der Waals surface area contributed by atoms with Crippen molar-refractivity contribution in [1.29, 1.82) is 0 Å². The number of hydrogen-bond donors (Lipinski definition) is 1. The molecule has 1 N–H and O–H groups in total. The molecule has 0 fully saturated rings. The number of carbonyl (C=O) groups is 1. The van der Waals surface area contributed by atoms with Crippen LogP contribution in [0.4, 0.5) is 10.1 Å². The second-order valence-electron chi connectivity index (χ2n) is 6.60. The topological polar surface area (TPSA) is 74.0 Å². The number of halogens is 3. The van der Waals surface area contributed by atoms with Gasteiger partial charge in [-0.1, -0.05) is 39.7 Å². The molecule has 0 saturated heterocycles. The first-order valence-corrected chi connectivity index (χ1v) is 10.3. The van der Waals surface area contributed by atoms with Crippen molar-refractivity contribution in [2.24, 2.45) is 0 Å². The SMILES string of the molecule is O=C(Nc1cnn(Cc2cccc(F)c2)c1)c1ccn(COc2ccc(Br)cc2Cl)n1. The molecule has 4 aromatic rings. The van der Waals surface area contributed by atoms with Gasteiger partial charge in [-0.3, -0.25) is 9.48 Å². The minimum absolute atomic E-state index is 0.0974. The summed E-state index contributed by atoms with van der Waals surface area (Å²) in [6.45, 7) is 0.485. The van der Waals surface area contributed by atoms with Gasteiger partial charge < -0.3 is 10.1 Å². The van der Waals surface area contributed by atoms with E-state index in [2.05, 4.69) is 31.4 Å². The number of aromatic nitrogens is 4. The van der Waals surface area contributed by atoms with E-state index in [0.717, 1.165) is 10.0 Å². The van der Waals surface area contributed by atoms with Crippen molar-refractivity contribution in [2.45, 2.75) is 13.3 Å². The molecule has 2 heterocycles. The molecule has 158 valence electrons. The molecule has 0 bridgehead atoms. The zero-order chi connectivity index (χ0) is 21.8. The minimum Gasteiger partial charge on any atom is -0.470 e. The Kier molecular flexibility index (Phi) is 6.34. The van der Waals surface area contributed by atoms with Crippen molar-refractivity contribution in [2.75, 3.05) is 5.32 Å². The Bertz CT molecular complexity index is 1230. The fourth-order valence-electron chi connectivity index (χ4n) is 2.81. The zero-order valence-electron chi connectivity index (χ0n) is 16.0. The van der Waals surface area contributed by atoms with Crippen molar-refractivity contribution in [3.8, 4) is 5.75 Å². The third-order valence-electron chi connectivity index (χ3n) is 4.24. The van der Waals surface area contributed by atoms with Gasteiger partial charge in [-0.05, 0) is 42.0 Å². The first-order chi connectivity index (χ1) is 15.0. The molecule has 0 unspecified atom stereocenters. The van der Waals surface area contributed by atoms with E-state index in [1.54, 1.807) is 47.4 Å². The van der Waals surface area contributed by atoms with Gasteiger partial charge in [0.25, 0.3) is 5.91 Å². The highest BCUT2D eigenvalue weighted by atomic mass is 79.9. The molecule has 2 aromatic carbocycles. The molecular formula is C21H16BrClFN5O2. The summed E-state index contributed by atoms with van der Waals surface area (Å²) in [7, 11) is 0. The summed E-state index contributed by atoms with van der Waals surface area (Å²) >= 11 is 9.46. The average Bonchev–Trinajstić information content (AvgIpc) is 3.37. The summed E-state index contributed by atoms with van der Waals surface area (Å²) in [5, 5.41) is 11.6. The Balaban J connectivity index is 1.34. The van der Waals surface area contributed by atoms with Gasteiger partial charge in [-0.15, -0.1) is 0 Å². The van der Waals surface area contributed by atoms with E-state index in [0.29, 0.717) is 23.0 Å². The van der Waals surface area contributed by atoms with Crippen molar-refractivity contribution in [3.05, 3.63) is 93.7 Å². The van der Waals surface area contributed by atoms with Crippen LogP contribution in [0, 0.1) is 5.82 Å². The summed E-state index contributed by atoms with van der Waals surface area (Å²) in [4.78, 5) is 12.5. The van der Waals surface area contributed by atoms with Crippen LogP contribution in [-0.4, -0.2) is 25.5 Å². The number of amides is 1. The molecular weight excluding hydrogens is 489 g/mol. The number of carbonyl (C=O) groups excluding carboxylic acids is 1. The molecule has 0 spiro atoms. The van der Waals surface area contributed by atoms with Crippen molar-refractivity contribution in [3.63, 3.8) is 0 Å². The maximum atomic E-state index is 13.3. The maximum Gasteiger partial charge on any atom is 0.276 e. The Morgan fingerprint density at radius 2 is 2.06 bits per heavy atom. The van der Waals surface area contributed by atoms with E-state index in [4.69, 9.17) is 16.3 Å². The lowest BCUT2D eigenvalue weighted by molar-refractivity contribution is 0.102. The van der Waals surface area contributed by atoms with Crippen molar-refractivity contribution < 1.29 is 13.9 Å². The van der Waals surface area contributed by atoms with Gasteiger partial charge in [-0.2, -0.15) is 10.2 Å². The van der Waals surface area contributed by atoms with Crippen molar-refractivity contribution >= 4 is 39.1 Å². The van der Waals surface area contributed by atoms with Gasteiger partial charge >= 0.3 is 0 Å². The Morgan fingerprint density at radius 3 is 2.87 bits per heavy atom. The van der Waals surface area contributed by atoms with Crippen LogP contribution < -0.4 is 10.1 Å². The van der Waals surface area contributed by atoms with Gasteiger partial charge in [0.15, 0.2) is 12.4 Å². The number of ether oxygens (including phenoxy) is 1. The number of anilines is 1. The fraction of sp³-hybridized carbons (Fsp3) is 0.0952. The number of nitrogens with one attached hydrogen (secondary N) is 1. The van der Waals surface area contributed by atoms with Crippen LogP contribution in [0.1, 0.15) is 16.1 Å². The van der Waals surface area contributed by atoms with E-state index >= 15 is 0 Å². The Hall–Kier alpha value is -3.17. The lowest BCUT2D eigenvalue weighted by Gasteiger charge is -2.08. The molecule has 1 amide bonds. The molecule has 0 aliphatic heterocycles. The maximum absolute atomic E-state index is 13.3. The van der Waals surface area contributed by atoms with E-state index in [1.807, 2.05) is 6.07 Å². The summed E-state index contributed by atoms with van der Waals surface area (Å²) in [5.74, 6) is -0.178. The highest BCUT2D eigenvalue weighted by molar-refractivity contribution is 9.10. The highest BCUT2D eigenvalue weighted by Crippen LogP contribution is 2.27. The number of benzene rings is 2. The van der Waals surface area contributed by atoms with Gasteiger partial charge in [0.2, 0.25) is 0 Å². The molecule has 0 radical (unpaired) electrons. The molecule has 7 nitrogen and oxygen atoms in total. The second kappa shape index (κ2) is 9.32. The minimum atomic E-state index is -0.384. The highest BCUT2D eigenvalue weighted by Gasteiger charge is 2.12. The monoisotopic (exact) mass is 503 g/mol.